The zero-order valence-electron chi connectivity index (χ0n) is 13.1. The summed E-state index contributed by atoms with van der Waals surface area (Å²) in [4.78, 5) is 40.1. The molecular weight excluding hydrogens is 312 g/mol. The summed E-state index contributed by atoms with van der Waals surface area (Å²) in [5.41, 5.74) is 0.610. The third-order valence-corrected chi connectivity index (χ3v) is 4.21. The van der Waals surface area contributed by atoms with Crippen LogP contribution in [-0.4, -0.2) is 39.7 Å². The van der Waals surface area contributed by atoms with Crippen molar-refractivity contribution in [1.29, 1.82) is 0 Å². The van der Waals surface area contributed by atoms with Gasteiger partial charge in [0.05, 0.1) is 16.5 Å². The first-order valence-electron chi connectivity index (χ1n) is 7.56. The number of pyridine rings is 1. The number of rotatable bonds is 3. The number of fused-ring (bicyclic) bond motifs is 1. The summed E-state index contributed by atoms with van der Waals surface area (Å²) < 4.78 is 0. The summed E-state index contributed by atoms with van der Waals surface area (Å²) in [5, 5.41) is 14.4. The van der Waals surface area contributed by atoms with E-state index in [2.05, 4.69) is 10.3 Å². The number of carbonyl (C=O) groups is 2. The highest BCUT2D eigenvalue weighted by molar-refractivity contribution is 6.04. The van der Waals surface area contributed by atoms with Gasteiger partial charge in [-0.1, -0.05) is 0 Å². The molecule has 1 atom stereocenters. The largest absolute Gasteiger partial charge is 0.342 e. The van der Waals surface area contributed by atoms with Gasteiger partial charge in [-0.05, 0) is 24.6 Å². The second-order valence-corrected chi connectivity index (χ2v) is 5.73. The first-order chi connectivity index (χ1) is 11.5. The molecule has 8 heteroatoms. The van der Waals surface area contributed by atoms with Crippen molar-refractivity contribution in [2.45, 2.75) is 13.3 Å². The van der Waals surface area contributed by atoms with Crippen molar-refractivity contribution in [3.63, 3.8) is 0 Å². The van der Waals surface area contributed by atoms with Gasteiger partial charge in [-0.2, -0.15) is 0 Å². The fourth-order valence-corrected chi connectivity index (χ4v) is 2.91. The van der Waals surface area contributed by atoms with Crippen molar-refractivity contribution < 1.29 is 14.5 Å². The summed E-state index contributed by atoms with van der Waals surface area (Å²) in [6.45, 7) is 2.44. The maximum absolute atomic E-state index is 12.4. The number of aromatic nitrogens is 1. The van der Waals surface area contributed by atoms with Crippen LogP contribution in [0.3, 0.4) is 0 Å². The molecule has 0 unspecified atom stereocenters. The van der Waals surface area contributed by atoms with Crippen LogP contribution in [0.5, 0.6) is 0 Å². The molecule has 2 heterocycles. The SMILES string of the molecule is CC(=O)N1CC[C@H](C(=O)Nc2ccc([N+](=O)[O-])c3ncccc23)C1. The van der Waals surface area contributed by atoms with Crippen molar-refractivity contribution in [1.82, 2.24) is 9.88 Å². The van der Waals surface area contributed by atoms with Crippen LogP contribution >= 0.6 is 0 Å². The van der Waals surface area contributed by atoms with Crippen molar-refractivity contribution >= 4 is 34.1 Å². The molecule has 124 valence electrons. The van der Waals surface area contributed by atoms with Crippen molar-refractivity contribution in [3.05, 3.63) is 40.6 Å². The predicted octanol–water partition coefficient (Wildman–Crippen LogP) is 1.95. The molecule has 0 bridgehead atoms. The number of anilines is 1. The lowest BCUT2D eigenvalue weighted by Gasteiger charge is -2.14. The molecule has 1 saturated heterocycles. The predicted molar refractivity (Wildman–Crippen MR) is 87.4 cm³/mol. The van der Waals surface area contributed by atoms with Crippen molar-refractivity contribution in [2.75, 3.05) is 18.4 Å². The molecular formula is C16H16N4O4. The molecule has 8 nitrogen and oxygen atoms in total. The van der Waals surface area contributed by atoms with Gasteiger partial charge < -0.3 is 10.2 Å². The molecule has 1 aromatic carbocycles. The molecule has 1 aliphatic heterocycles. The number of non-ortho nitro benzene ring substituents is 1. The molecule has 0 saturated carbocycles. The normalized spacial score (nSPS) is 17.0. The lowest BCUT2D eigenvalue weighted by Crippen LogP contribution is -2.29. The Labute approximate surface area is 137 Å². The Morgan fingerprint density at radius 2 is 2.17 bits per heavy atom. The maximum atomic E-state index is 12.4. The Morgan fingerprint density at radius 1 is 1.38 bits per heavy atom. The van der Waals surface area contributed by atoms with E-state index >= 15 is 0 Å². The van der Waals surface area contributed by atoms with E-state index in [-0.39, 0.29) is 28.9 Å². The smallest absolute Gasteiger partial charge is 0.295 e. The third-order valence-electron chi connectivity index (χ3n) is 4.21. The second-order valence-electron chi connectivity index (χ2n) is 5.73. The van der Waals surface area contributed by atoms with E-state index in [4.69, 9.17) is 0 Å². The summed E-state index contributed by atoms with van der Waals surface area (Å²) >= 11 is 0. The lowest BCUT2D eigenvalue weighted by atomic mass is 10.1. The molecule has 1 fully saturated rings. The number of hydrogen-bond acceptors (Lipinski definition) is 5. The molecule has 2 amide bonds. The minimum Gasteiger partial charge on any atom is -0.342 e. The van der Waals surface area contributed by atoms with E-state index in [1.807, 2.05) is 0 Å². The van der Waals surface area contributed by atoms with Crippen LogP contribution in [0.4, 0.5) is 11.4 Å². The van der Waals surface area contributed by atoms with Gasteiger partial charge in [-0.3, -0.25) is 19.7 Å². The summed E-state index contributed by atoms with van der Waals surface area (Å²) in [6.07, 6.45) is 2.08. The Morgan fingerprint density at radius 3 is 2.83 bits per heavy atom. The second kappa shape index (κ2) is 6.23. The van der Waals surface area contributed by atoms with E-state index < -0.39 is 4.92 Å². The first kappa shape index (κ1) is 15.9. The summed E-state index contributed by atoms with van der Waals surface area (Å²) in [5.74, 6) is -0.524. The van der Waals surface area contributed by atoms with E-state index in [1.165, 1.54) is 25.3 Å². The van der Waals surface area contributed by atoms with Crippen LogP contribution in [0.1, 0.15) is 13.3 Å². The average Bonchev–Trinajstić information content (AvgIpc) is 3.05. The van der Waals surface area contributed by atoms with Crippen LogP contribution in [0.25, 0.3) is 10.9 Å². The van der Waals surface area contributed by atoms with E-state index in [0.29, 0.717) is 30.6 Å². The summed E-state index contributed by atoms with van der Waals surface area (Å²) in [6, 6.07) is 6.19. The fraction of sp³-hybridized carbons (Fsp3) is 0.312. The van der Waals surface area contributed by atoms with Gasteiger partial charge in [0.2, 0.25) is 11.8 Å². The molecule has 0 radical (unpaired) electrons. The third kappa shape index (κ3) is 2.90. The number of nitro benzene ring substituents is 1. The first-order valence-corrected chi connectivity index (χ1v) is 7.56. The molecule has 2 aromatic rings. The van der Waals surface area contributed by atoms with Gasteiger partial charge in [0, 0.05) is 37.7 Å². The van der Waals surface area contributed by atoms with Crippen molar-refractivity contribution in [3.8, 4) is 0 Å². The highest BCUT2D eigenvalue weighted by Crippen LogP contribution is 2.30. The Balaban J connectivity index is 1.86. The maximum Gasteiger partial charge on any atom is 0.295 e. The monoisotopic (exact) mass is 328 g/mol. The van der Waals surface area contributed by atoms with Gasteiger partial charge in [0.25, 0.3) is 5.69 Å². The molecule has 1 aliphatic rings. The Hall–Kier alpha value is -3.03. The number of benzene rings is 1. The van der Waals surface area contributed by atoms with Crippen LogP contribution in [-0.2, 0) is 9.59 Å². The van der Waals surface area contributed by atoms with Crippen molar-refractivity contribution in [2.24, 2.45) is 5.92 Å². The standard InChI is InChI=1S/C16H16N4O4/c1-10(21)19-8-6-11(9-19)16(22)18-13-4-5-14(20(23)24)15-12(13)3-2-7-17-15/h2-5,7,11H,6,8-9H2,1H3,(H,18,22)/t11-/m0/s1. The van der Waals surface area contributed by atoms with Gasteiger partial charge in [-0.15, -0.1) is 0 Å². The van der Waals surface area contributed by atoms with Gasteiger partial charge in [0.1, 0.15) is 5.52 Å². The Kier molecular flexibility index (Phi) is 4.11. The molecule has 3 rings (SSSR count). The average molecular weight is 328 g/mol. The van der Waals surface area contributed by atoms with E-state index in [9.17, 15) is 19.7 Å². The number of nitro groups is 1. The number of likely N-dealkylation sites (tertiary alicyclic amines) is 1. The molecule has 0 aliphatic carbocycles. The number of hydrogen-bond donors (Lipinski definition) is 1. The molecule has 24 heavy (non-hydrogen) atoms. The van der Waals surface area contributed by atoms with Gasteiger partial charge in [0.15, 0.2) is 0 Å². The molecule has 0 spiro atoms. The van der Waals surface area contributed by atoms with Crippen LogP contribution in [0.15, 0.2) is 30.5 Å². The zero-order chi connectivity index (χ0) is 17.3. The van der Waals surface area contributed by atoms with Gasteiger partial charge in [-0.25, -0.2) is 4.98 Å². The number of nitrogens with one attached hydrogen (secondary N) is 1. The topological polar surface area (TPSA) is 105 Å². The zero-order valence-corrected chi connectivity index (χ0v) is 13.1. The number of nitrogens with zero attached hydrogens (tertiary/aromatic N) is 3. The fourth-order valence-electron chi connectivity index (χ4n) is 2.91. The molecule has 1 N–H and O–H groups in total. The quantitative estimate of drug-likeness (QED) is 0.685. The molecule has 1 aromatic heterocycles. The minimum atomic E-state index is -0.497. The number of carbonyl (C=O) groups excluding carboxylic acids is 2. The minimum absolute atomic E-state index is 0.0460. The van der Waals surface area contributed by atoms with E-state index in [0.717, 1.165) is 0 Å². The van der Waals surface area contributed by atoms with Crippen LogP contribution in [0, 0.1) is 16.0 Å². The lowest BCUT2D eigenvalue weighted by molar-refractivity contribution is -0.383. The highest BCUT2D eigenvalue weighted by Gasteiger charge is 2.30. The Bertz CT molecular complexity index is 836. The van der Waals surface area contributed by atoms with E-state index in [1.54, 1.807) is 17.0 Å². The van der Waals surface area contributed by atoms with Crippen LogP contribution < -0.4 is 5.32 Å². The highest BCUT2D eigenvalue weighted by atomic mass is 16.6. The van der Waals surface area contributed by atoms with Crippen LogP contribution in [0.2, 0.25) is 0 Å². The number of amides is 2. The van der Waals surface area contributed by atoms with Gasteiger partial charge >= 0.3 is 0 Å². The summed E-state index contributed by atoms with van der Waals surface area (Å²) in [7, 11) is 0.